The molecule has 2 atom stereocenters. The Morgan fingerprint density at radius 1 is 0.872 bits per heavy atom. The molecule has 11 heteroatoms. The Labute approximate surface area is 284 Å². The first kappa shape index (κ1) is 37.0. The van der Waals surface area contributed by atoms with Gasteiger partial charge in [-0.2, -0.15) is 13.5 Å². The van der Waals surface area contributed by atoms with Crippen molar-refractivity contribution in [1.82, 2.24) is 16.0 Å². The van der Waals surface area contributed by atoms with Crippen molar-refractivity contribution in [2.75, 3.05) is 20.2 Å². The number of rotatable bonds is 14. The molecule has 3 aromatic rings. The number of hydrogen-bond donors (Lipinski definition) is 4. The molecule has 47 heavy (non-hydrogen) atoms. The quantitative estimate of drug-likeness (QED) is 0.0833. The van der Waals surface area contributed by atoms with Gasteiger partial charge < -0.3 is 31.2 Å². The Hall–Kier alpha value is -4.51. The molecule has 5 N–H and O–H groups in total. The van der Waals surface area contributed by atoms with Gasteiger partial charge in [0.1, 0.15) is 25.3 Å². The molecule has 0 heterocycles. The van der Waals surface area contributed by atoms with E-state index < -0.39 is 30.1 Å². The van der Waals surface area contributed by atoms with Crippen molar-refractivity contribution in [2.24, 2.45) is 16.6 Å². The van der Waals surface area contributed by atoms with Crippen LogP contribution in [0.1, 0.15) is 61.3 Å². The van der Waals surface area contributed by atoms with Crippen molar-refractivity contribution in [3.63, 3.8) is 0 Å². The SMILES string of the molecule is CN=C(N)NCCC[C@@H](NC(=O)OCC1c2ccccc2-c2ccccc21)C(=O)N[C@@H](CC(C)C)C(=O)OCc1ccc(C)cc1.S. The van der Waals surface area contributed by atoms with Crippen LogP contribution in [0.15, 0.2) is 77.8 Å². The number of aryl methyl sites for hydroxylation is 1. The van der Waals surface area contributed by atoms with Gasteiger partial charge in [-0.15, -0.1) is 0 Å². The fraction of sp³-hybridized carbons (Fsp3) is 0.389. The third-order valence-corrected chi connectivity index (χ3v) is 7.98. The number of aliphatic imine (C=N–C) groups is 1. The number of carbonyl (C=O) groups excluding carboxylic acids is 3. The molecule has 0 spiro atoms. The number of guanidine groups is 1. The third kappa shape index (κ3) is 10.5. The van der Waals surface area contributed by atoms with Gasteiger partial charge in [0.15, 0.2) is 5.96 Å². The number of fused-ring (bicyclic) bond motifs is 3. The second kappa shape index (κ2) is 18.0. The number of alkyl carbamates (subject to hydrolysis) is 1. The second-order valence-electron chi connectivity index (χ2n) is 12.0. The van der Waals surface area contributed by atoms with E-state index in [4.69, 9.17) is 15.2 Å². The van der Waals surface area contributed by atoms with Crippen LogP contribution in [-0.4, -0.2) is 56.2 Å². The molecular weight excluding hydrogens is 614 g/mol. The topological polar surface area (TPSA) is 144 Å². The molecule has 0 unspecified atom stereocenters. The van der Waals surface area contributed by atoms with Crippen molar-refractivity contribution < 1.29 is 23.9 Å². The predicted octanol–water partition coefficient (Wildman–Crippen LogP) is 4.90. The molecule has 0 radical (unpaired) electrons. The lowest BCUT2D eigenvalue weighted by Gasteiger charge is -2.24. The monoisotopic (exact) mass is 661 g/mol. The van der Waals surface area contributed by atoms with Crippen molar-refractivity contribution in [2.45, 2.75) is 64.6 Å². The van der Waals surface area contributed by atoms with Crippen molar-refractivity contribution in [1.29, 1.82) is 0 Å². The van der Waals surface area contributed by atoms with Crippen molar-refractivity contribution >= 4 is 37.4 Å². The lowest BCUT2D eigenvalue weighted by molar-refractivity contribution is -0.149. The van der Waals surface area contributed by atoms with Crippen LogP contribution >= 0.6 is 13.5 Å². The maximum atomic E-state index is 13.6. The highest BCUT2D eigenvalue weighted by Gasteiger charge is 2.31. The van der Waals surface area contributed by atoms with E-state index in [1.54, 1.807) is 7.05 Å². The number of nitrogens with one attached hydrogen (secondary N) is 3. The van der Waals surface area contributed by atoms with E-state index in [-0.39, 0.29) is 50.9 Å². The lowest BCUT2D eigenvalue weighted by atomic mass is 9.98. The van der Waals surface area contributed by atoms with E-state index in [1.807, 2.05) is 81.4 Å². The number of benzene rings is 3. The molecule has 1 aliphatic carbocycles. The van der Waals surface area contributed by atoms with Crippen molar-refractivity contribution in [3.8, 4) is 11.1 Å². The van der Waals surface area contributed by atoms with Gasteiger partial charge in [-0.1, -0.05) is 92.2 Å². The number of carbonyl (C=O) groups is 3. The maximum Gasteiger partial charge on any atom is 0.407 e. The summed E-state index contributed by atoms with van der Waals surface area (Å²) < 4.78 is 11.3. The van der Waals surface area contributed by atoms with Gasteiger partial charge in [0.25, 0.3) is 0 Å². The normalized spacial score (nSPS) is 13.4. The highest BCUT2D eigenvalue weighted by Crippen LogP contribution is 2.44. The molecule has 0 aromatic heterocycles. The molecule has 1 aliphatic rings. The zero-order valence-electron chi connectivity index (χ0n) is 27.5. The minimum atomic E-state index is -0.961. The van der Waals surface area contributed by atoms with Gasteiger partial charge in [0.05, 0.1) is 0 Å². The Bertz CT molecular complexity index is 1480. The van der Waals surface area contributed by atoms with E-state index in [9.17, 15) is 14.4 Å². The average Bonchev–Trinajstić information content (AvgIpc) is 3.37. The summed E-state index contributed by atoms with van der Waals surface area (Å²) in [5, 5.41) is 8.53. The predicted molar refractivity (Wildman–Crippen MR) is 190 cm³/mol. The number of esters is 1. The maximum absolute atomic E-state index is 13.6. The highest BCUT2D eigenvalue weighted by molar-refractivity contribution is 7.59. The number of hydrogen-bond acceptors (Lipinski definition) is 6. The second-order valence-corrected chi connectivity index (χ2v) is 12.0. The van der Waals surface area contributed by atoms with Crippen LogP contribution in [0.3, 0.4) is 0 Å². The van der Waals surface area contributed by atoms with E-state index >= 15 is 0 Å². The standard InChI is InChI=1S/C36H45N5O5.H2S/c1-23(2)20-32(34(43)45-21-25-17-15-24(3)16-18-25)40-33(42)31(14-9-19-39-35(37)38-4)41-36(44)46-22-30-28-12-7-5-10-26(28)27-11-6-8-13-29(27)30;/h5-8,10-13,15-18,23,30-32H,9,14,19-22H2,1-4H3,(H,40,42)(H,41,44)(H3,37,38,39);1H2/t31-,32+;/m1./s1. The Balaban J connectivity index is 0.00000600. The fourth-order valence-corrected chi connectivity index (χ4v) is 5.55. The molecule has 0 fully saturated rings. The smallest absolute Gasteiger partial charge is 0.407 e. The van der Waals surface area contributed by atoms with Crippen LogP contribution in [-0.2, 0) is 25.7 Å². The zero-order valence-corrected chi connectivity index (χ0v) is 28.5. The van der Waals surface area contributed by atoms with E-state index in [1.165, 1.54) is 0 Å². The number of nitrogens with zero attached hydrogens (tertiary/aromatic N) is 1. The summed E-state index contributed by atoms with van der Waals surface area (Å²) in [6, 6.07) is 22.0. The van der Waals surface area contributed by atoms with Gasteiger partial charge >= 0.3 is 12.1 Å². The van der Waals surface area contributed by atoms with Gasteiger partial charge in [-0.3, -0.25) is 9.79 Å². The van der Waals surface area contributed by atoms with E-state index in [0.717, 1.165) is 33.4 Å². The van der Waals surface area contributed by atoms with Crippen LogP contribution < -0.4 is 21.7 Å². The molecular formula is C36H47N5O5S. The molecule has 0 bridgehead atoms. The Kier molecular flexibility index (Phi) is 14.1. The highest BCUT2D eigenvalue weighted by atomic mass is 32.1. The summed E-state index contributed by atoms with van der Waals surface area (Å²) in [5.41, 5.74) is 12.1. The van der Waals surface area contributed by atoms with Crippen LogP contribution in [0.5, 0.6) is 0 Å². The molecule has 10 nitrogen and oxygen atoms in total. The van der Waals surface area contributed by atoms with Crippen LogP contribution in [0, 0.1) is 12.8 Å². The fourth-order valence-electron chi connectivity index (χ4n) is 5.55. The summed E-state index contributed by atoms with van der Waals surface area (Å²) >= 11 is 0. The molecule has 3 aromatic carbocycles. The molecule has 2 amide bonds. The number of amides is 2. The summed E-state index contributed by atoms with van der Waals surface area (Å²) in [6.45, 7) is 6.55. The van der Waals surface area contributed by atoms with E-state index in [0.29, 0.717) is 19.4 Å². The van der Waals surface area contributed by atoms with Crippen molar-refractivity contribution in [3.05, 3.63) is 95.1 Å². The molecule has 0 saturated heterocycles. The molecule has 0 saturated carbocycles. The molecule has 4 rings (SSSR count). The Morgan fingerprint density at radius 3 is 2.09 bits per heavy atom. The van der Waals surface area contributed by atoms with Gasteiger partial charge in [-0.25, -0.2) is 9.59 Å². The lowest BCUT2D eigenvalue weighted by Crippen LogP contribution is -2.52. The van der Waals surface area contributed by atoms with Gasteiger partial charge in [0.2, 0.25) is 5.91 Å². The zero-order chi connectivity index (χ0) is 33.1. The number of ether oxygens (including phenoxy) is 2. The molecule has 252 valence electrons. The Morgan fingerprint density at radius 2 is 1.49 bits per heavy atom. The van der Waals surface area contributed by atoms with Gasteiger partial charge in [0, 0.05) is 19.5 Å². The summed E-state index contributed by atoms with van der Waals surface area (Å²) in [5.74, 6) is -0.769. The summed E-state index contributed by atoms with van der Waals surface area (Å²) in [6.07, 6.45) is 0.422. The largest absolute Gasteiger partial charge is 0.459 e. The molecule has 0 aliphatic heterocycles. The first-order valence-electron chi connectivity index (χ1n) is 15.8. The summed E-state index contributed by atoms with van der Waals surface area (Å²) in [4.78, 5) is 43.8. The average molecular weight is 662 g/mol. The first-order valence-corrected chi connectivity index (χ1v) is 15.8. The third-order valence-electron chi connectivity index (χ3n) is 7.98. The minimum Gasteiger partial charge on any atom is -0.459 e. The minimum absolute atomic E-state index is 0. The first-order chi connectivity index (χ1) is 22.2. The van der Waals surface area contributed by atoms with Crippen LogP contribution in [0.25, 0.3) is 11.1 Å². The summed E-state index contributed by atoms with van der Waals surface area (Å²) in [7, 11) is 1.57. The van der Waals surface area contributed by atoms with Crippen LogP contribution in [0.4, 0.5) is 4.79 Å². The van der Waals surface area contributed by atoms with Crippen LogP contribution in [0.2, 0.25) is 0 Å². The number of nitrogens with two attached hydrogens (primary N) is 1. The van der Waals surface area contributed by atoms with E-state index in [2.05, 4.69) is 33.1 Å². The van der Waals surface area contributed by atoms with Gasteiger partial charge in [-0.05, 0) is 59.9 Å².